The molecule has 0 aliphatic heterocycles. The minimum absolute atomic E-state index is 0.214. The van der Waals surface area contributed by atoms with Gasteiger partial charge in [-0.3, -0.25) is 9.48 Å². The van der Waals surface area contributed by atoms with Crippen LogP contribution in [-0.4, -0.2) is 43.7 Å². The molecule has 0 aliphatic rings. The summed E-state index contributed by atoms with van der Waals surface area (Å²) in [5, 5.41) is 10.9. The number of ether oxygens (including phenoxy) is 1. The Balaban J connectivity index is 2.59. The molecule has 1 aromatic heterocycles. The number of hydrogen-bond acceptors (Lipinski definition) is 5. The van der Waals surface area contributed by atoms with E-state index >= 15 is 0 Å². The molecule has 11 heteroatoms. The number of nitrogens with two attached hydrogens (primary N) is 1. The highest BCUT2D eigenvalue weighted by Gasteiger charge is 2.19. The van der Waals surface area contributed by atoms with E-state index in [1.165, 1.54) is 11.7 Å². The normalized spacial score (nSPS) is 11.8. The van der Waals surface area contributed by atoms with Crippen LogP contribution in [0, 0.1) is 0 Å². The number of nitrogens with zero attached hydrogens (tertiary/aromatic N) is 2. The summed E-state index contributed by atoms with van der Waals surface area (Å²) >= 11 is 0. The van der Waals surface area contributed by atoms with E-state index in [2.05, 4.69) is 15.2 Å². The number of carbonyl (C=O) groups is 1. The number of aromatic nitrogens is 2. The Hall–Kier alpha value is -1.59. The van der Waals surface area contributed by atoms with Gasteiger partial charge in [-0.25, -0.2) is 22.3 Å². The van der Waals surface area contributed by atoms with Crippen LogP contribution in [-0.2, 0) is 26.6 Å². The number of rotatable bonds is 7. The number of carbonyl (C=O) groups excluding carboxylic acids is 1. The predicted octanol–water partition coefficient (Wildman–Crippen LogP) is -0.322. The average molecular weight is 312 g/mol. The lowest BCUT2D eigenvalue weighted by Gasteiger charge is -2.05. The van der Waals surface area contributed by atoms with Crippen LogP contribution in [0.3, 0.4) is 0 Å². The Labute approximate surface area is 113 Å². The molecule has 0 saturated carbocycles. The predicted molar refractivity (Wildman–Crippen MR) is 64.7 cm³/mol. The summed E-state index contributed by atoms with van der Waals surface area (Å²) in [7, 11) is -2.57. The van der Waals surface area contributed by atoms with Gasteiger partial charge < -0.3 is 10.1 Å². The molecule has 0 saturated heterocycles. The van der Waals surface area contributed by atoms with Gasteiger partial charge in [0.15, 0.2) is 5.82 Å². The Morgan fingerprint density at radius 2 is 2.25 bits per heavy atom. The van der Waals surface area contributed by atoms with Crippen molar-refractivity contribution in [3.05, 3.63) is 6.20 Å². The number of amides is 1. The lowest BCUT2D eigenvalue weighted by Crippen LogP contribution is -2.19. The minimum atomic E-state index is -4.02. The summed E-state index contributed by atoms with van der Waals surface area (Å²) in [5.74, 6) is -0.836. The molecule has 3 N–H and O–H groups in total. The molecule has 114 valence electrons. The van der Waals surface area contributed by atoms with Crippen LogP contribution in [0.1, 0.15) is 6.42 Å². The largest absolute Gasteiger partial charge is 0.375 e. The maximum atomic E-state index is 11.8. The molecular weight excluding hydrogens is 298 g/mol. The van der Waals surface area contributed by atoms with Crippen molar-refractivity contribution in [2.45, 2.75) is 17.7 Å². The highest BCUT2D eigenvalue weighted by atomic mass is 32.2. The molecule has 0 spiro atoms. The Morgan fingerprint density at radius 3 is 2.80 bits per heavy atom. The smallest absolute Gasteiger partial charge is 0.261 e. The van der Waals surface area contributed by atoms with Crippen molar-refractivity contribution < 1.29 is 26.7 Å². The fourth-order valence-electron chi connectivity index (χ4n) is 1.29. The van der Waals surface area contributed by atoms with E-state index in [1.54, 1.807) is 0 Å². The van der Waals surface area contributed by atoms with Crippen molar-refractivity contribution in [2.75, 3.05) is 18.5 Å². The van der Waals surface area contributed by atoms with Gasteiger partial charge in [0, 0.05) is 13.2 Å². The van der Waals surface area contributed by atoms with Crippen molar-refractivity contribution in [1.29, 1.82) is 0 Å². The third-order valence-electron chi connectivity index (χ3n) is 2.08. The number of sulfonamides is 1. The van der Waals surface area contributed by atoms with Crippen LogP contribution in [0.5, 0.6) is 0 Å². The molecule has 1 aromatic rings. The van der Waals surface area contributed by atoms with Crippen LogP contribution >= 0.6 is 0 Å². The first-order chi connectivity index (χ1) is 9.20. The molecule has 8 nitrogen and oxygen atoms in total. The second-order valence-corrected chi connectivity index (χ2v) is 5.35. The lowest BCUT2D eigenvalue weighted by atomic mass is 10.4. The van der Waals surface area contributed by atoms with Crippen LogP contribution in [0.2, 0.25) is 0 Å². The summed E-state index contributed by atoms with van der Waals surface area (Å²) in [6.07, 6.45) is -1.69. The molecule has 1 heterocycles. The number of anilines is 1. The zero-order chi connectivity index (χ0) is 15.3. The average Bonchev–Trinajstić information content (AvgIpc) is 2.65. The molecule has 0 fully saturated rings. The highest BCUT2D eigenvalue weighted by molar-refractivity contribution is 7.89. The van der Waals surface area contributed by atoms with E-state index in [0.29, 0.717) is 0 Å². The van der Waals surface area contributed by atoms with Crippen LogP contribution in [0.15, 0.2) is 11.1 Å². The van der Waals surface area contributed by atoms with Gasteiger partial charge in [0.05, 0.1) is 13.0 Å². The molecule has 20 heavy (non-hydrogen) atoms. The number of aryl methyl sites for hydroxylation is 1. The van der Waals surface area contributed by atoms with Gasteiger partial charge in [0.1, 0.15) is 11.5 Å². The Morgan fingerprint density at radius 1 is 1.60 bits per heavy atom. The Kier molecular flexibility index (Phi) is 5.53. The molecule has 0 unspecified atom stereocenters. The summed E-state index contributed by atoms with van der Waals surface area (Å²) in [6, 6.07) is 0. The second kappa shape index (κ2) is 6.72. The number of nitrogens with one attached hydrogen (secondary N) is 1. The monoisotopic (exact) mass is 312 g/mol. The van der Waals surface area contributed by atoms with Crippen LogP contribution in [0.25, 0.3) is 0 Å². The van der Waals surface area contributed by atoms with E-state index in [-0.39, 0.29) is 23.7 Å². The number of hydrogen-bond donors (Lipinski definition) is 2. The SMILES string of the molecule is Cn1cc(S(N)(=O)=O)c(NC(=O)CCOCC(F)F)n1. The molecule has 1 amide bonds. The molecule has 0 aliphatic carbocycles. The number of alkyl halides is 2. The fourth-order valence-corrected chi connectivity index (χ4v) is 1.95. The molecule has 0 aromatic carbocycles. The zero-order valence-electron chi connectivity index (χ0n) is 10.5. The number of primary sulfonamides is 1. The first kappa shape index (κ1) is 16.5. The summed E-state index contributed by atoms with van der Waals surface area (Å²) in [4.78, 5) is 11.2. The summed E-state index contributed by atoms with van der Waals surface area (Å²) < 4.78 is 51.7. The third kappa shape index (κ3) is 5.19. The number of halogens is 2. The van der Waals surface area contributed by atoms with Crippen molar-refractivity contribution in [2.24, 2.45) is 12.2 Å². The van der Waals surface area contributed by atoms with Crippen molar-refractivity contribution >= 4 is 21.7 Å². The first-order valence-electron chi connectivity index (χ1n) is 5.42. The molecule has 0 radical (unpaired) electrons. The van der Waals surface area contributed by atoms with Gasteiger partial charge in [-0.2, -0.15) is 5.10 Å². The van der Waals surface area contributed by atoms with E-state index in [1.807, 2.05) is 0 Å². The molecular formula is C9H14F2N4O4S. The lowest BCUT2D eigenvalue weighted by molar-refractivity contribution is -0.117. The second-order valence-electron chi connectivity index (χ2n) is 3.82. The first-order valence-corrected chi connectivity index (χ1v) is 6.97. The van der Waals surface area contributed by atoms with Gasteiger partial charge in [0.25, 0.3) is 6.43 Å². The van der Waals surface area contributed by atoms with E-state index in [0.717, 1.165) is 6.20 Å². The third-order valence-corrected chi connectivity index (χ3v) is 2.99. The van der Waals surface area contributed by atoms with Gasteiger partial charge >= 0.3 is 0 Å². The molecule has 0 bridgehead atoms. The van der Waals surface area contributed by atoms with Crippen LogP contribution in [0.4, 0.5) is 14.6 Å². The van der Waals surface area contributed by atoms with Gasteiger partial charge in [-0.1, -0.05) is 0 Å². The fraction of sp³-hybridized carbons (Fsp3) is 0.556. The van der Waals surface area contributed by atoms with E-state index in [9.17, 15) is 22.0 Å². The van der Waals surface area contributed by atoms with E-state index < -0.39 is 29.0 Å². The van der Waals surface area contributed by atoms with Crippen molar-refractivity contribution in [3.63, 3.8) is 0 Å². The standard InChI is InChI=1S/C9H14F2N4O4S/c1-15-4-6(20(12,17)18)9(14-15)13-8(16)2-3-19-5-7(10)11/h4,7H,2-3,5H2,1H3,(H2,12,17,18)(H,13,14,16). The highest BCUT2D eigenvalue weighted by Crippen LogP contribution is 2.17. The van der Waals surface area contributed by atoms with Gasteiger partial charge in [-0.15, -0.1) is 0 Å². The topological polar surface area (TPSA) is 116 Å². The van der Waals surface area contributed by atoms with Crippen molar-refractivity contribution in [3.8, 4) is 0 Å². The maximum absolute atomic E-state index is 11.8. The van der Waals surface area contributed by atoms with Crippen molar-refractivity contribution in [1.82, 2.24) is 9.78 Å². The van der Waals surface area contributed by atoms with Gasteiger partial charge in [-0.05, 0) is 0 Å². The molecule has 1 rings (SSSR count). The quantitative estimate of drug-likeness (QED) is 0.669. The Bertz CT molecular complexity index is 573. The minimum Gasteiger partial charge on any atom is -0.375 e. The van der Waals surface area contributed by atoms with Gasteiger partial charge in [0.2, 0.25) is 15.9 Å². The maximum Gasteiger partial charge on any atom is 0.261 e. The van der Waals surface area contributed by atoms with Crippen LogP contribution < -0.4 is 10.5 Å². The van der Waals surface area contributed by atoms with E-state index in [4.69, 9.17) is 5.14 Å². The summed E-state index contributed by atoms with van der Waals surface area (Å²) in [5.41, 5.74) is 0. The zero-order valence-corrected chi connectivity index (χ0v) is 11.4. The molecule has 0 atom stereocenters. The summed E-state index contributed by atoms with van der Waals surface area (Å²) in [6.45, 7) is -0.979.